The molecule has 7 heteroatoms. The van der Waals surface area contributed by atoms with Gasteiger partial charge in [-0.2, -0.15) is 5.26 Å². The van der Waals surface area contributed by atoms with Crippen LogP contribution in [0, 0.1) is 11.3 Å². The maximum atomic E-state index is 13.0. The molecule has 3 atom stereocenters. The van der Waals surface area contributed by atoms with Gasteiger partial charge in [0.05, 0.1) is 11.6 Å². The molecule has 1 aliphatic heterocycles. The van der Waals surface area contributed by atoms with Gasteiger partial charge in [-0.3, -0.25) is 9.69 Å². The molecule has 1 fully saturated rings. The fraction of sp³-hybridized carbons (Fsp3) is 0.391. The first-order chi connectivity index (χ1) is 13.5. The molecular weight excluding hydrogens is 419 g/mol. The summed E-state index contributed by atoms with van der Waals surface area (Å²) in [6.07, 6.45) is 1.33. The van der Waals surface area contributed by atoms with Crippen LogP contribution in [0.4, 0.5) is 0 Å². The zero-order valence-corrected chi connectivity index (χ0v) is 18.6. The Morgan fingerprint density at radius 1 is 1.27 bits per heavy atom. The summed E-state index contributed by atoms with van der Waals surface area (Å²) in [5, 5.41) is 12.7. The third-order valence-electron chi connectivity index (χ3n) is 6.32. The van der Waals surface area contributed by atoms with E-state index in [9.17, 15) is 10.1 Å². The Morgan fingerprint density at radius 3 is 2.73 bits per heavy atom. The lowest BCUT2D eigenvalue weighted by Crippen LogP contribution is -2.66. The molecule has 2 aliphatic rings. The number of halogens is 2. The quantitative estimate of drug-likeness (QED) is 0.755. The van der Waals surface area contributed by atoms with E-state index < -0.39 is 5.54 Å². The molecule has 4 rings (SSSR count). The Labute approximate surface area is 190 Å². The van der Waals surface area contributed by atoms with Crippen LogP contribution in [0.25, 0.3) is 0 Å². The molecule has 0 spiro atoms. The molecule has 3 unspecified atom stereocenters. The number of nitrogens with two attached hydrogens (primary N) is 1. The Morgan fingerprint density at radius 2 is 2.03 bits per heavy atom. The van der Waals surface area contributed by atoms with E-state index in [0.29, 0.717) is 24.4 Å². The Kier molecular flexibility index (Phi) is 7.90. The number of hydrogen-bond acceptors (Lipinski definition) is 4. The van der Waals surface area contributed by atoms with Crippen molar-refractivity contribution in [2.45, 2.75) is 37.3 Å². The summed E-state index contributed by atoms with van der Waals surface area (Å²) in [5.74, 6) is -0.278. The van der Waals surface area contributed by atoms with Gasteiger partial charge in [-0.05, 0) is 42.2 Å². The number of nitrogens with one attached hydrogen (secondary N) is 1. The second-order valence-electron chi connectivity index (χ2n) is 8.03. The van der Waals surface area contributed by atoms with Gasteiger partial charge in [0, 0.05) is 38.0 Å². The molecule has 0 radical (unpaired) electrons. The van der Waals surface area contributed by atoms with Crippen molar-refractivity contribution in [3.63, 3.8) is 0 Å². The Balaban J connectivity index is 0.00000160. The van der Waals surface area contributed by atoms with Crippen LogP contribution in [-0.2, 0) is 17.6 Å². The van der Waals surface area contributed by atoms with Gasteiger partial charge in [0.1, 0.15) is 5.54 Å². The maximum Gasteiger partial charge on any atom is 0.238 e. The first-order valence-corrected chi connectivity index (χ1v) is 9.90. The molecule has 1 heterocycles. The van der Waals surface area contributed by atoms with Crippen LogP contribution in [0.2, 0.25) is 0 Å². The predicted octanol–water partition coefficient (Wildman–Crippen LogP) is 2.80. The van der Waals surface area contributed by atoms with Crippen LogP contribution in [0.3, 0.4) is 0 Å². The van der Waals surface area contributed by atoms with Gasteiger partial charge in [0.15, 0.2) is 0 Å². The van der Waals surface area contributed by atoms with Crippen LogP contribution in [0.15, 0.2) is 48.5 Å². The minimum atomic E-state index is -0.733. The highest BCUT2D eigenvalue weighted by molar-refractivity contribution is 5.88. The van der Waals surface area contributed by atoms with Crippen molar-refractivity contribution in [1.82, 2.24) is 10.2 Å². The number of nitrogens with zero attached hydrogens (tertiary/aromatic N) is 2. The van der Waals surface area contributed by atoms with E-state index in [2.05, 4.69) is 35.3 Å². The van der Waals surface area contributed by atoms with Gasteiger partial charge in [0.2, 0.25) is 5.91 Å². The van der Waals surface area contributed by atoms with Crippen molar-refractivity contribution in [1.29, 1.82) is 5.26 Å². The predicted molar refractivity (Wildman–Crippen MR) is 123 cm³/mol. The summed E-state index contributed by atoms with van der Waals surface area (Å²) in [6, 6.07) is 18.5. The number of amides is 1. The summed E-state index contributed by atoms with van der Waals surface area (Å²) < 4.78 is 0. The lowest BCUT2D eigenvalue weighted by Gasteiger charge is -2.47. The van der Waals surface area contributed by atoms with E-state index in [-0.39, 0.29) is 36.6 Å². The normalized spacial score (nSPS) is 25.3. The van der Waals surface area contributed by atoms with Gasteiger partial charge >= 0.3 is 0 Å². The molecule has 2 aromatic rings. The minimum absolute atomic E-state index is 0. The van der Waals surface area contributed by atoms with Crippen LogP contribution in [0.1, 0.15) is 35.1 Å². The number of hydrogen-bond donors (Lipinski definition) is 2. The van der Waals surface area contributed by atoms with Gasteiger partial charge in [0.25, 0.3) is 0 Å². The fourth-order valence-corrected chi connectivity index (χ4v) is 5.03. The fourth-order valence-electron chi connectivity index (χ4n) is 5.03. The second-order valence-corrected chi connectivity index (χ2v) is 8.03. The molecule has 1 saturated heterocycles. The summed E-state index contributed by atoms with van der Waals surface area (Å²) in [4.78, 5) is 15.3. The first kappa shape index (κ1) is 24.2. The number of fused-ring (bicyclic) bond motifs is 1. The number of rotatable bonds is 4. The van der Waals surface area contributed by atoms with Crippen molar-refractivity contribution in [3.8, 4) is 6.07 Å². The van der Waals surface area contributed by atoms with Crippen LogP contribution in [0.5, 0.6) is 0 Å². The molecule has 2 aromatic carbocycles. The highest BCUT2D eigenvalue weighted by atomic mass is 35.5. The highest BCUT2D eigenvalue weighted by Gasteiger charge is 2.54. The van der Waals surface area contributed by atoms with Gasteiger partial charge in [-0.15, -0.1) is 24.8 Å². The van der Waals surface area contributed by atoms with Crippen molar-refractivity contribution >= 4 is 30.7 Å². The molecule has 1 aliphatic carbocycles. The van der Waals surface area contributed by atoms with Crippen molar-refractivity contribution < 1.29 is 4.79 Å². The summed E-state index contributed by atoms with van der Waals surface area (Å²) >= 11 is 0. The van der Waals surface area contributed by atoms with E-state index in [1.807, 2.05) is 36.4 Å². The zero-order chi connectivity index (χ0) is 19.7. The van der Waals surface area contributed by atoms with Gasteiger partial charge in [-0.1, -0.05) is 36.4 Å². The third-order valence-corrected chi connectivity index (χ3v) is 6.32. The number of primary amides is 1. The summed E-state index contributed by atoms with van der Waals surface area (Å²) in [7, 11) is 0. The van der Waals surface area contributed by atoms with E-state index in [1.54, 1.807) is 0 Å². The monoisotopic (exact) mass is 446 g/mol. The van der Waals surface area contributed by atoms with Crippen molar-refractivity contribution in [2.24, 2.45) is 5.73 Å². The van der Waals surface area contributed by atoms with Gasteiger partial charge in [-0.25, -0.2) is 0 Å². The van der Waals surface area contributed by atoms with E-state index in [4.69, 9.17) is 5.73 Å². The van der Waals surface area contributed by atoms with Crippen molar-refractivity contribution in [2.75, 3.05) is 19.6 Å². The van der Waals surface area contributed by atoms with Crippen molar-refractivity contribution in [3.05, 3.63) is 70.8 Å². The maximum absolute atomic E-state index is 13.0. The number of carbonyl (C=O) groups is 1. The average molecular weight is 447 g/mol. The lowest BCUT2D eigenvalue weighted by molar-refractivity contribution is -0.132. The molecule has 0 bridgehead atoms. The van der Waals surface area contributed by atoms with E-state index in [0.717, 1.165) is 25.2 Å². The Bertz CT molecular complexity index is 945. The third kappa shape index (κ3) is 4.19. The standard InChI is InChI=1S/C23H26N4O.2ClH/c1-16-15-27(10-9-26-16)23(22(25)28)13-19-7-2-3-8-20(19)21(23)12-17-5-4-6-18(11-17)14-24;;/h2-8,11,16,21,26H,9-10,12-13,15H2,1H3,(H2,25,28);2*1H. The molecule has 160 valence electrons. The number of piperazine rings is 1. The summed E-state index contributed by atoms with van der Waals surface area (Å²) in [5.41, 5.74) is 9.52. The smallest absolute Gasteiger partial charge is 0.238 e. The highest BCUT2D eigenvalue weighted by Crippen LogP contribution is 2.46. The van der Waals surface area contributed by atoms with Gasteiger partial charge < -0.3 is 11.1 Å². The molecule has 5 nitrogen and oxygen atoms in total. The topological polar surface area (TPSA) is 82.2 Å². The largest absolute Gasteiger partial charge is 0.368 e. The zero-order valence-electron chi connectivity index (χ0n) is 17.0. The minimum Gasteiger partial charge on any atom is -0.368 e. The molecule has 0 saturated carbocycles. The molecule has 1 amide bonds. The SMILES string of the molecule is CC1CN(C2(C(N)=O)Cc3ccccc3C2Cc2cccc(C#N)c2)CCN1.Cl.Cl. The lowest BCUT2D eigenvalue weighted by atomic mass is 9.77. The second kappa shape index (κ2) is 9.80. The summed E-state index contributed by atoms with van der Waals surface area (Å²) in [6.45, 7) is 4.60. The molecular formula is C23H28Cl2N4O. The first-order valence-electron chi connectivity index (χ1n) is 9.90. The molecule has 3 N–H and O–H groups in total. The van der Waals surface area contributed by atoms with Crippen LogP contribution in [-0.4, -0.2) is 42.0 Å². The number of carbonyl (C=O) groups excluding carboxylic acids is 1. The number of benzene rings is 2. The van der Waals surface area contributed by atoms with E-state index in [1.165, 1.54) is 11.1 Å². The average Bonchev–Trinajstić information content (AvgIpc) is 3.04. The molecule has 0 aromatic heterocycles. The Hall–Kier alpha value is -2.10. The van der Waals surface area contributed by atoms with Crippen LogP contribution < -0.4 is 11.1 Å². The van der Waals surface area contributed by atoms with Crippen LogP contribution >= 0.6 is 24.8 Å². The molecule has 30 heavy (non-hydrogen) atoms. The van der Waals surface area contributed by atoms with E-state index >= 15 is 0 Å². The number of nitriles is 1.